The molecule has 3 heterocycles. The quantitative estimate of drug-likeness (QED) is 0.197. The number of hydrogen-bond acceptors (Lipinski definition) is 6. The lowest BCUT2D eigenvalue weighted by Gasteiger charge is -2.37. The number of carbonyl (C=O) groups excluding carboxylic acids is 1. The van der Waals surface area contributed by atoms with Crippen LogP contribution in [0.1, 0.15) is 24.5 Å². The maximum absolute atomic E-state index is 14.9. The van der Waals surface area contributed by atoms with Gasteiger partial charge in [0.1, 0.15) is 5.75 Å². The van der Waals surface area contributed by atoms with Gasteiger partial charge in [0.25, 0.3) is 11.5 Å². The number of nitrogens with zero attached hydrogens (tertiary/aromatic N) is 3. The maximum atomic E-state index is 14.9. The molecule has 2 aliphatic heterocycles. The van der Waals surface area contributed by atoms with Crippen LogP contribution in [0.2, 0.25) is 23.7 Å². The summed E-state index contributed by atoms with van der Waals surface area (Å²) < 4.78 is 13.8. The van der Waals surface area contributed by atoms with Gasteiger partial charge in [-0.1, -0.05) is 79.3 Å². The molecule has 1 saturated heterocycles. The largest absolute Gasteiger partial charge is 0.497 e. The molecular formula is C38H38ClN3O5Si. The first-order valence-electron chi connectivity index (χ1n) is 16.2. The maximum Gasteiger partial charge on any atom is 0.279 e. The van der Waals surface area contributed by atoms with Crippen LogP contribution in [-0.2, 0) is 21.7 Å². The molecule has 0 unspecified atom stereocenters. The van der Waals surface area contributed by atoms with E-state index in [-0.39, 0.29) is 42.2 Å². The minimum absolute atomic E-state index is 0.0166. The van der Waals surface area contributed by atoms with E-state index in [0.29, 0.717) is 22.5 Å². The van der Waals surface area contributed by atoms with E-state index in [0.717, 1.165) is 28.0 Å². The van der Waals surface area contributed by atoms with E-state index in [1.807, 2.05) is 66.7 Å². The Labute approximate surface area is 285 Å². The first-order valence-corrected chi connectivity index (χ1v) is 19.7. The molecule has 1 N–H and O–H groups in total. The number of fused-ring (bicyclic) bond motifs is 3. The molecule has 0 saturated carbocycles. The summed E-state index contributed by atoms with van der Waals surface area (Å²) in [5.74, 6) is 0.432. The lowest BCUT2D eigenvalue weighted by Crippen LogP contribution is -2.51. The Morgan fingerprint density at radius 3 is 2.52 bits per heavy atom. The van der Waals surface area contributed by atoms with Crippen LogP contribution in [0.25, 0.3) is 16.5 Å². The first kappa shape index (κ1) is 32.3. The van der Waals surface area contributed by atoms with Crippen LogP contribution in [-0.4, -0.2) is 48.7 Å². The van der Waals surface area contributed by atoms with Gasteiger partial charge in [-0.25, -0.2) is 0 Å². The third-order valence-electron chi connectivity index (χ3n) is 10.4. The van der Waals surface area contributed by atoms with E-state index in [9.17, 15) is 14.7 Å². The summed E-state index contributed by atoms with van der Waals surface area (Å²) in [4.78, 5) is 30.1. The van der Waals surface area contributed by atoms with Crippen molar-refractivity contribution in [3.05, 3.63) is 124 Å². The Balaban J connectivity index is 1.27. The van der Waals surface area contributed by atoms with E-state index >= 15 is 0 Å². The number of carbonyl (C=O) groups is 1. The monoisotopic (exact) mass is 679 g/mol. The molecule has 0 bridgehead atoms. The Morgan fingerprint density at radius 2 is 1.77 bits per heavy atom. The van der Waals surface area contributed by atoms with Crippen LogP contribution >= 0.6 is 11.6 Å². The summed E-state index contributed by atoms with van der Waals surface area (Å²) in [6.07, 6.45) is 1.77. The highest BCUT2D eigenvalue weighted by Crippen LogP contribution is 2.60. The molecule has 1 amide bonds. The third kappa shape index (κ3) is 5.08. The van der Waals surface area contributed by atoms with Gasteiger partial charge in [-0.05, 0) is 66.1 Å². The van der Waals surface area contributed by atoms with Gasteiger partial charge >= 0.3 is 0 Å². The molecule has 0 radical (unpaired) electrons. The Morgan fingerprint density at radius 1 is 1.00 bits per heavy atom. The Hall–Kier alpha value is -4.28. The molecule has 1 spiro atoms. The molecular weight excluding hydrogens is 642 g/mol. The summed E-state index contributed by atoms with van der Waals surface area (Å²) in [6, 6.07) is 28.7. The number of rotatable bonds is 8. The van der Waals surface area contributed by atoms with Crippen molar-refractivity contribution in [2.45, 2.75) is 50.2 Å². The van der Waals surface area contributed by atoms with E-state index in [1.165, 1.54) is 9.87 Å². The Bertz CT molecular complexity index is 2080. The van der Waals surface area contributed by atoms with Crippen LogP contribution in [0.3, 0.4) is 0 Å². The fourth-order valence-electron chi connectivity index (χ4n) is 8.08. The van der Waals surface area contributed by atoms with Crippen molar-refractivity contribution in [3.63, 3.8) is 0 Å². The molecule has 1 fully saturated rings. The second-order valence-electron chi connectivity index (χ2n) is 13.3. The number of aliphatic hydroxyl groups excluding tert-OH is 1. The van der Waals surface area contributed by atoms with Gasteiger partial charge in [-0.3, -0.25) is 9.59 Å². The molecule has 4 aromatic carbocycles. The number of methoxy groups -OCH3 is 1. The number of ether oxygens (including phenoxy) is 2. The Kier molecular flexibility index (Phi) is 8.28. The van der Waals surface area contributed by atoms with Gasteiger partial charge < -0.3 is 19.5 Å². The predicted molar refractivity (Wildman–Crippen MR) is 191 cm³/mol. The molecule has 0 aliphatic carbocycles. The number of hydrogen-bond donors (Lipinski definition) is 1. The standard InChI is InChI=1S/C38H38ClN3O5Si/c1-24-35(48(3,4)30-15-13-29(46-2)14-16-30)34(18-19-43)47-38(24)32-21-27(39)12-17-33(32)41(37(38)45)23-25-8-7-10-28(20-25)42-36(44)31-11-6-5-9-26(31)22-40-42/h5-17,20-22,24,34-35,43H,18-19,23H2,1-4H3/t24-,34+,35-,38+/m1/s1. The van der Waals surface area contributed by atoms with Crippen LogP contribution in [0.15, 0.2) is 102 Å². The highest BCUT2D eigenvalue weighted by atomic mass is 35.5. The van der Waals surface area contributed by atoms with Crippen molar-refractivity contribution in [1.29, 1.82) is 0 Å². The summed E-state index contributed by atoms with van der Waals surface area (Å²) in [6.45, 7) is 6.95. The molecule has 246 valence electrons. The fourth-order valence-corrected chi connectivity index (χ4v) is 12.3. The van der Waals surface area contributed by atoms with Gasteiger partial charge in [-0.15, -0.1) is 0 Å². The van der Waals surface area contributed by atoms with E-state index in [2.05, 4.69) is 37.2 Å². The lowest BCUT2D eigenvalue weighted by atomic mass is 9.82. The highest BCUT2D eigenvalue weighted by Gasteiger charge is 2.66. The van der Waals surface area contributed by atoms with Crippen molar-refractivity contribution in [1.82, 2.24) is 9.78 Å². The molecule has 1 aromatic heterocycles. The van der Waals surface area contributed by atoms with Gasteiger partial charge in [0.05, 0.1) is 50.8 Å². The molecule has 8 nitrogen and oxygen atoms in total. The third-order valence-corrected chi connectivity index (χ3v) is 15.0. The van der Waals surface area contributed by atoms with Crippen LogP contribution in [0.5, 0.6) is 5.75 Å². The number of halogens is 1. The zero-order chi connectivity index (χ0) is 33.8. The van der Waals surface area contributed by atoms with Crippen molar-refractivity contribution in [3.8, 4) is 11.4 Å². The highest BCUT2D eigenvalue weighted by molar-refractivity contribution is 6.91. The molecule has 4 atom stereocenters. The number of anilines is 1. The second kappa shape index (κ2) is 12.3. The van der Waals surface area contributed by atoms with Gasteiger partial charge in [-0.2, -0.15) is 9.78 Å². The first-order chi connectivity index (χ1) is 23.1. The van der Waals surface area contributed by atoms with Crippen LogP contribution < -0.4 is 20.4 Å². The minimum atomic E-state index is -2.30. The summed E-state index contributed by atoms with van der Waals surface area (Å²) in [7, 11) is -0.650. The number of aliphatic hydroxyl groups is 1. The zero-order valence-corrected chi connectivity index (χ0v) is 29.1. The second-order valence-corrected chi connectivity index (χ2v) is 18.5. The summed E-state index contributed by atoms with van der Waals surface area (Å²) >= 11 is 6.61. The van der Waals surface area contributed by atoms with Crippen molar-refractivity contribution in [2.24, 2.45) is 5.92 Å². The van der Waals surface area contributed by atoms with E-state index < -0.39 is 13.7 Å². The average molecular weight is 680 g/mol. The zero-order valence-electron chi connectivity index (χ0n) is 27.4. The topological polar surface area (TPSA) is 93.9 Å². The number of aromatic nitrogens is 2. The fraction of sp³-hybridized carbons (Fsp3) is 0.289. The van der Waals surface area contributed by atoms with Crippen molar-refractivity contribution >= 4 is 47.2 Å². The van der Waals surface area contributed by atoms with Gasteiger partial charge in [0.2, 0.25) is 0 Å². The van der Waals surface area contributed by atoms with Crippen LogP contribution in [0, 0.1) is 5.92 Å². The molecule has 2 aliphatic rings. The smallest absolute Gasteiger partial charge is 0.279 e. The van der Waals surface area contributed by atoms with Crippen LogP contribution in [0.4, 0.5) is 5.69 Å². The molecule has 5 aromatic rings. The predicted octanol–water partition coefficient (Wildman–Crippen LogP) is 6.19. The normalized spacial score (nSPS) is 22.1. The summed E-state index contributed by atoms with van der Waals surface area (Å²) in [5.41, 5.74) is 1.48. The van der Waals surface area contributed by atoms with Gasteiger partial charge in [0.15, 0.2) is 5.60 Å². The molecule has 48 heavy (non-hydrogen) atoms. The number of amides is 1. The lowest BCUT2D eigenvalue weighted by molar-refractivity contribution is -0.146. The molecule has 10 heteroatoms. The van der Waals surface area contributed by atoms with Gasteiger partial charge in [0, 0.05) is 28.5 Å². The van der Waals surface area contributed by atoms with E-state index in [4.69, 9.17) is 21.1 Å². The minimum Gasteiger partial charge on any atom is -0.497 e. The van der Waals surface area contributed by atoms with E-state index in [1.54, 1.807) is 30.3 Å². The number of benzene rings is 4. The SMILES string of the molecule is COc1ccc([Si](C)(C)[C@H]2[C@H](CCO)O[C@@]3(C(=O)N(Cc4cccc(-n5ncc6ccccc6c5=O)c4)c4ccc(Cl)cc43)[C@@H]2C)cc1. The summed E-state index contributed by atoms with van der Waals surface area (Å²) in [5, 5.41) is 17.7. The van der Waals surface area contributed by atoms with Crippen molar-refractivity contribution < 1.29 is 19.4 Å². The average Bonchev–Trinajstić information content (AvgIpc) is 3.51. The van der Waals surface area contributed by atoms with Crippen molar-refractivity contribution in [2.75, 3.05) is 18.6 Å². The molecule has 7 rings (SSSR count).